The van der Waals surface area contributed by atoms with Gasteiger partial charge in [-0.3, -0.25) is 4.79 Å². The van der Waals surface area contributed by atoms with Gasteiger partial charge in [0, 0.05) is 12.8 Å². The number of hydrogen-bond acceptors (Lipinski definition) is 4. The zero-order chi connectivity index (χ0) is 15.3. The molecule has 114 valence electrons. The zero-order valence-electron chi connectivity index (χ0n) is 11.0. The minimum atomic E-state index is -2.82. The number of aliphatic carboxylic acids is 1. The molecule has 0 amide bonds. The Morgan fingerprint density at radius 2 is 2.05 bits per heavy atom. The number of carboxylic acid groups (broad SMARTS) is 1. The van der Waals surface area contributed by atoms with Gasteiger partial charge < -0.3 is 19.7 Å². The standard InChI is InChI=1S/C14H14F2O5/c15-13(16)4-3-9(7-13)14(19)20-10-2-1-8(6-12(17)18)5-11(10)21-14/h1-2,5,9,19H,3-4,6-7H2,(H,17,18)/t9-,14-/m1/s1. The minimum absolute atomic E-state index is 0.0967. The summed E-state index contributed by atoms with van der Waals surface area (Å²) in [7, 11) is 0. The summed E-state index contributed by atoms with van der Waals surface area (Å²) in [6, 6.07) is 4.44. The van der Waals surface area contributed by atoms with Crippen molar-refractivity contribution in [1.29, 1.82) is 0 Å². The van der Waals surface area contributed by atoms with E-state index in [0.717, 1.165) is 0 Å². The molecule has 21 heavy (non-hydrogen) atoms. The van der Waals surface area contributed by atoms with Crippen LogP contribution in [0.25, 0.3) is 0 Å². The van der Waals surface area contributed by atoms with E-state index >= 15 is 0 Å². The van der Waals surface area contributed by atoms with Crippen LogP contribution < -0.4 is 9.47 Å². The van der Waals surface area contributed by atoms with Crippen molar-refractivity contribution in [3.63, 3.8) is 0 Å². The zero-order valence-corrected chi connectivity index (χ0v) is 11.0. The molecule has 7 heteroatoms. The molecule has 1 fully saturated rings. The number of rotatable bonds is 3. The monoisotopic (exact) mass is 300 g/mol. The maximum absolute atomic E-state index is 13.3. The fraction of sp³-hybridized carbons (Fsp3) is 0.500. The first-order chi connectivity index (χ1) is 9.77. The minimum Gasteiger partial charge on any atom is -0.481 e. The van der Waals surface area contributed by atoms with E-state index in [-0.39, 0.29) is 30.8 Å². The Hall–Kier alpha value is -1.89. The van der Waals surface area contributed by atoms with Gasteiger partial charge in [-0.25, -0.2) is 8.78 Å². The highest BCUT2D eigenvalue weighted by Crippen LogP contribution is 2.49. The third-order valence-electron chi connectivity index (χ3n) is 3.80. The van der Waals surface area contributed by atoms with Crippen molar-refractivity contribution >= 4 is 5.97 Å². The highest BCUT2D eigenvalue weighted by atomic mass is 19.3. The highest BCUT2D eigenvalue weighted by Gasteiger charge is 2.55. The number of aliphatic hydroxyl groups is 1. The summed E-state index contributed by atoms with van der Waals surface area (Å²) in [4.78, 5) is 10.7. The summed E-state index contributed by atoms with van der Waals surface area (Å²) in [5, 5.41) is 19.1. The van der Waals surface area contributed by atoms with Gasteiger partial charge in [-0.05, 0) is 24.1 Å². The molecule has 2 atom stereocenters. The fourth-order valence-corrected chi connectivity index (χ4v) is 2.77. The molecule has 5 nitrogen and oxygen atoms in total. The second-order valence-corrected chi connectivity index (χ2v) is 5.48. The average molecular weight is 300 g/mol. The average Bonchev–Trinajstić information content (AvgIpc) is 2.88. The molecule has 0 unspecified atom stereocenters. The fourth-order valence-electron chi connectivity index (χ4n) is 2.77. The molecule has 1 aromatic rings. The second-order valence-electron chi connectivity index (χ2n) is 5.48. The van der Waals surface area contributed by atoms with E-state index in [1.807, 2.05) is 0 Å². The van der Waals surface area contributed by atoms with Crippen molar-refractivity contribution < 1.29 is 33.3 Å². The Labute approximate surface area is 119 Å². The summed E-state index contributed by atoms with van der Waals surface area (Å²) in [6.45, 7) is 0. The van der Waals surface area contributed by atoms with Gasteiger partial charge in [0.1, 0.15) is 0 Å². The van der Waals surface area contributed by atoms with Crippen LogP contribution in [0.3, 0.4) is 0 Å². The number of benzene rings is 1. The van der Waals surface area contributed by atoms with Crippen LogP contribution in [0.15, 0.2) is 18.2 Å². The van der Waals surface area contributed by atoms with E-state index in [0.29, 0.717) is 5.56 Å². The van der Waals surface area contributed by atoms with E-state index in [4.69, 9.17) is 14.6 Å². The smallest absolute Gasteiger partial charge is 0.372 e. The summed E-state index contributed by atoms with van der Waals surface area (Å²) >= 11 is 0. The summed E-state index contributed by atoms with van der Waals surface area (Å²) in [5.74, 6) is -6.36. The van der Waals surface area contributed by atoms with Gasteiger partial charge >= 0.3 is 11.9 Å². The van der Waals surface area contributed by atoms with Crippen molar-refractivity contribution in [2.75, 3.05) is 0 Å². The van der Waals surface area contributed by atoms with E-state index in [2.05, 4.69) is 0 Å². The largest absolute Gasteiger partial charge is 0.481 e. The Balaban J connectivity index is 1.79. The first kappa shape index (κ1) is 14.1. The summed E-state index contributed by atoms with van der Waals surface area (Å²) < 4.78 is 37.1. The molecular formula is C14H14F2O5. The maximum atomic E-state index is 13.3. The molecule has 0 aromatic heterocycles. The van der Waals surface area contributed by atoms with Crippen LogP contribution in [0.5, 0.6) is 11.5 Å². The molecule has 1 aromatic carbocycles. The number of ether oxygens (including phenoxy) is 2. The normalized spacial score (nSPS) is 29.6. The molecule has 1 heterocycles. The first-order valence-electron chi connectivity index (χ1n) is 6.60. The Morgan fingerprint density at radius 1 is 1.33 bits per heavy atom. The Morgan fingerprint density at radius 3 is 2.67 bits per heavy atom. The number of alkyl halides is 2. The lowest BCUT2D eigenvalue weighted by Crippen LogP contribution is -2.45. The first-order valence-corrected chi connectivity index (χ1v) is 6.60. The Bertz CT molecular complexity index is 589. The van der Waals surface area contributed by atoms with Gasteiger partial charge in [-0.2, -0.15) is 0 Å². The van der Waals surface area contributed by atoms with Crippen LogP contribution in [0, 0.1) is 5.92 Å². The van der Waals surface area contributed by atoms with Crippen LogP contribution >= 0.6 is 0 Å². The van der Waals surface area contributed by atoms with Gasteiger partial charge in [-0.1, -0.05) is 6.07 Å². The van der Waals surface area contributed by atoms with Crippen molar-refractivity contribution in [2.24, 2.45) is 5.92 Å². The molecule has 2 aliphatic rings. The van der Waals surface area contributed by atoms with E-state index in [9.17, 15) is 18.7 Å². The van der Waals surface area contributed by atoms with Gasteiger partial charge in [-0.15, -0.1) is 0 Å². The molecule has 1 saturated carbocycles. The molecule has 1 aliphatic heterocycles. The number of fused-ring (bicyclic) bond motifs is 1. The molecule has 0 radical (unpaired) electrons. The van der Waals surface area contributed by atoms with Gasteiger partial charge in [0.25, 0.3) is 0 Å². The van der Waals surface area contributed by atoms with Crippen LogP contribution in [-0.2, 0) is 11.2 Å². The topological polar surface area (TPSA) is 76.0 Å². The second kappa shape index (κ2) is 4.56. The molecule has 0 bridgehead atoms. The SMILES string of the molecule is O=C(O)Cc1ccc2c(c1)O[C@@](O)([C@@H]1CCC(F)(F)C1)O2. The molecule has 2 N–H and O–H groups in total. The number of halogens is 2. The van der Waals surface area contributed by atoms with Gasteiger partial charge in [0.05, 0.1) is 12.3 Å². The van der Waals surface area contributed by atoms with Crippen molar-refractivity contribution in [2.45, 2.75) is 37.6 Å². The molecule has 0 spiro atoms. The number of carboxylic acids is 1. The molecule has 0 saturated heterocycles. The third-order valence-corrected chi connectivity index (χ3v) is 3.80. The predicted octanol–water partition coefficient (Wildman–Crippen LogP) is 2.17. The lowest BCUT2D eigenvalue weighted by atomic mass is 10.1. The predicted molar refractivity (Wildman–Crippen MR) is 66.3 cm³/mol. The number of hydrogen-bond donors (Lipinski definition) is 2. The molecular weight excluding hydrogens is 286 g/mol. The highest BCUT2D eigenvalue weighted by molar-refractivity contribution is 5.70. The van der Waals surface area contributed by atoms with Crippen molar-refractivity contribution in [3.05, 3.63) is 23.8 Å². The Kier molecular flexibility index (Phi) is 3.05. The molecule has 1 aliphatic carbocycles. The van der Waals surface area contributed by atoms with Crippen LogP contribution in [0.1, 0.15) is 24.8 Å². The summed E-state index contributed by atoms with van der Waals surface area (Å²) in [5.41, 5.74) is 0.478. The maximum Gasteiger partial charge on any atom is 0.372 e. The molecule has 3 rings (SSSR count). The van der Waals surface area contributed by atoms with Gasteiger partial charge in [0.15, 0.2) is 11.5 Å². The lowest BCUT2D eigenvalue weighted by molar-refractivity contribution is -0.285. The van der Waals surface area contributed by atoms with Crippen LogP contribution in [0.4, 0.5) is 8.78 Å². The van der Waals surface area contributed by atoms with Gasteiger partial charge in [0.2, 0.25) is 5.92 Å². The van der Waals surface area contributed by atoms with Crippen LogP contribution in [0.2, 0.25) is 0 Å². The quantitative estimate of drug-likeness (QED) is 0.894. The lowest BCUT2D eigenvalue weighted by Gasteiger charge is -2.26. The number of carbonyl (C=O) groups is 1. The van der Waals surface area contributed by atoms with Crippen molar-refractivity contribution in [1.82, 2.24) is 0 Å². The third kappa shape index (κ3) is 2.65. The summed E-state index contributed by atoms with van der Waals surface area (Å²) in [6.07, 6.45) is -0.914. The van der Waals surface area contributed by atoms with E-state index in [1.54, 1.807) is 0 Å². The van der Waals surface area contributed by atoms with E-state index < -0.39 is 30.2 Å². The van der Waals surface area contributed by atoms with Crippen LogP contribution in [-0.4, -0.2) is 28.1 Å². The van der Waals surface area contributed by atoms with E-state index in [1.165, 1.54) is 18.2 Å². The van der Waals surface area contributed by atoms with Crippen molar-refractivity contribution in [3.8, 4) is 11.5 Å².